The summed E-state index contributed by atoms with van der Waals surface area (Å²) < 4.78 is 14.8. The average molecular weight is 397 g/mol. The van der Waals surface area contributed by atoms with E-state index in [9.17, 15) is 9.18 Å². The quantitative estimate of drug-likeness (QED) is 0.481. The molecule has 1 N–H and O–H groups in total. The SMILES string of the molecule is Cc1nn2c(-c3ccc(NC(=O)c4ccc(F)cc4)cc3)nnc2c2ccccc12. The molecule has 6 nitrogen and oxygen atoms in total. The summed E-state index contributed by atoms with van der Waals surface area (Å²) in [5.41, 5.74) is 3.42. The highest BCUT2D eigenvalue weighted by molar-refractivity contribution is 6.04. The molecule has 7 heteroatoms. The molecule has 0 saturated carbocycles. The Morgan fingerprint density at radius 1 is 0.900 bits per heavy atom. The van der Waals surface area contributed by atoms with Gasteiger partial charge >= 0.3 is 0 Å². The number of carbonyl (C=O) groups excluding carboxylic acids is 1. The standard InChI is InChI=1S/C23H16FN5O/c1-14-19-4-2-3-5-20(19)22-27-26-21(29(22)28-14)15-8-12-18(13-9-15)25-23(30)16-6-10-17(24)11-7-16/h2-13H,1H3,(H,25,30). The van der Waals surface area contributed by atoms with Crippen LogP contribution < -0.4 is 5.32 Å². The highest BCUT2D eigenvalue weighted by Crippen LogP contribution is 2.25. The molecule has 5 aromatic rings. The molecule has 146 valence electrons. The van der Waals surface area contributed by atoms with Crippen molar-refractivity contribution in [2.45, 2.75) is 6.92 Å². The van der Waals surface area contributed by atoms with Gasteiger partial charge in [0.1, 0.15) is 5.82 Å². The van der Waals surface area contributed by atoms with E-state index in [-0.39, 0.29) is 11.7 Å². The first-order valence-corrected chi connectivity index (χ1v) is 9.38. The molecule has 0 aliphatic carbocycles. The largest absolute Gasteiger partial charge is 0.322 e. The monoisotopic (exact) mass is 397 g/mol. The number of aryl methyl sites for hydroxylation is 1. The van der Waals surface area contributed by atoms with E-state index in [1.165, 1.54) is 24.3 Å². The summed E-state index contributed by atoms with van der Waals surface area (Å²) in [4.78, 5) is 12.3. The van der Waals surface area contributed by atoms with E-state index in [0.717, 1.165) is 22.0 Å². The molecule has 0 aliphatic rings. The van der Waals surface area contributed by atoms with Crippen LogP contribution in [0.4, 0.5) is 10.1 Å². The van der Waals surface area contributed by atoms with Crippen LogP contribution in [-0.4, -0.2) is 25.7 Å². The molecule has 0 bridgehead atoms. The molecule has 0 spiro atoms. The van der Waals surface area contributed by atoms with E-state index in [2.05, 4.69) is 20.6 Å². The van der Waals surface area contributed by atoms with E-state index in [4.69, 9.17) is 0 Å². The summed E-state index contributed by atoms with van der Waals surface area (Å²) in [6, 6.07) is 20.6. The van der Waals surface area contributed by atoms with Crippen LogP contribution >= 0.6 is 0 Å². The lowest BCUT2D eigenvalue weighted by Crippen LogP contribution is -2.11. The number of halogens is 1. The van der Waals surface area contributed by atoms with E-state index < -0.39 is 0 Å². The summed E-state index contributed by atoms with van der Waals surface area (Å²) in [7, 11) is 0. The topological polar surface area (TPSA) is 72.2 Å². The first-order valence-electron chi connectivity index (χ1n) is 9.38. The molecule has 0 fully saturated rings. The third-order valence-electron chi connectivity index (χ3n) is 4.96. The van der Waals surface area contributed by atoms with Gasteiger partial charge in [-0.2, -0.15) is 9.61 Å². The van der Waals surface area contributed by atoms with Crippen LogP contribution in [0.15, 0.2) is 72.8 Å². The Balaban J connectivity index is 1.46. The van der Waals surface area contributed by atoms with Crippen molar-refractivity contribution in [2.75, 3.05) is 5.32 Å². The van der Waals surface area contributed by atoms with Crippen molar-refractivity contribution in [3.8, 4) is 11.4 Å². The number of hydrogen-bond acceptors (Lipinski definition) is 4. The number of hydrogen-bond donors (Lipinski definition) is 1. The van der Waals surface area contributed by atoms with Gasteiger partial charge in [-0.25, -0.2) is 4.39 Å². The number of rotatable bonds is 3. The number of nitrogens with one attached hydrogen (secondary N) is 1. The second-order valence-electron chi connectivity index (χ2n) is 6.93. The molecule has 2 heterocycles. The molecule has 0 atom stereocenters. The van der Waals surface area contributed by atoms with Crippen LogP contribution in [0.3, 0.4) is 0 Å². The molecule has 30 heavy (non-hydrogen) atoms. The predicted octanol–water partition coefficient (Wildman–Crippen LogP) is 4.64. The lowest BCUT2D eigenvalue weighted by Gasteiger charge is -2.07. The minimum Gasteiger partial charge on any atom is -0.322 e. The molecule has 0 saturated heterocycles. The Morgan fingerprint density at radius 2 is 1.60 bits per heavy atom. The van der Waals surface area contributed by atoms with Gasteiger partial charge in [-0.05, 0) is 55.5 Å². The molecule has 0 unspecified atom stereocenters. The second kappa shape index (κ2) is 7.04. The summed E-state index contributed by atoms with van der Waals surface area (Å²) in [5, 5.41) is 18.1. The number of carbonyl (C=O) groups is 1. The van der Waals surface area contributed by atoms with Gasteiger partial charge in [0.25, 0.3) is 5.91 Å². The van der Waals surface area contributed by atoms with Crippen molar-refractivity contribution in [1.29, 1.82) is 0 Å². The van der Waals surface area contributed by atoms with Gasteiger partial charge in [-0.15, -0.1) is 10.2 Å². The molecule has 1 amide bonds. The maximum Gasteiger partial charge on any atom is 0.255 e. The number of fused-ring (bicyclic) bond motifs is 3. The maximum absolute atomic E-state index is 13.0. The van der Waals surface area contributed by atoms with Gasteiger partial charge in [0.2, 0.25) is 0 Å². The molecule has 5 rings (SSSR count). The number of nitrogens with zero attached hydrogens (tertiary/aromatic N) is 4. The fourth-order valence-electron chi connectivity index (χ4n) is 3.43. The Morgan fingerprint density at radius 3 is 2.33 bits per heavy atom. The Kier molecular flexibility index (Phi) is 4.21. The Bertz CT molecular complexity index is 1390. The normalized spacial score (nSPS) is 11.1. The zero-order valence-corrected chi connectivity index (χ0v) is 16.0. The van der Waals surface area contributed by atoms with Crippen LogP contribution in [0.5, 0.6) is 0 Å². The van der Waals surface area contributed by atoms with Gasteiger partial charge in [-0.1, -0.05) is 24.3 Å². The summed E-state index contributed by atoms with van der Waals surface area (Å²) >= 11 is 0. The molecule has 3 aromatic carbocycles. The molecular weight excluding hydrogens is 381 g/mol. The number of aromatic nitrogens is 4. The Labute approximate surface area is 171 Å². The number of anilines is 1. The highest BCUT2D eigenvalue weighted by Gasteiger charge is 2.14. The third kappa shape index (κ3) is 3.06. The van der Waals surface area contributed by atoms with Crippen molar-refractivity contribution in [3.05, 3.63) is 89.9 Å². The van der Waals surface area contributed by atoms with Crippen molar-refractivity contribution in [2.24, 2.45) is 0 Å². The molecule has 2 aromatic heterocycles. The van der Waals surface area contributed by atoms with Gasteiger partial charge < -0.3 is 5.32 Å². The number of benzene rings is 3. The second-order valence-corrected chi connectivity index (χ2v) is 6.93. The van der Waals surface area contributed by atoms with E-state index in [1.807, 2.05) is 43.3 Å². The highest BCUT2D eigenvalue weighted by atomic mass is 19.1. The molecular formula is C23H16FN5O. The van der Waals surface area contributed by atoms with E-state index in [0.29, 0.717) is 22.7 Å². The fraction of sp³-hybridized carbons (Fsp3) is 0.0435. The minimum atomic E-state index is -0.381. The Hall–Kier alpha value is -4.13. The lowest BCUT2D eigenvalue weighted by atomic mass is 10.1. The smallest absolute Gasteiger partial charge is 0.255 e. The van der Waals surface area contributed by atoms with E-state index in [1.54, 1.807) is 16.6 Å². The van der Waals surface area contributed by atoms with Crippen LogP contribution in [-0.2, 0) is 0 Å². The predicted molar refractivity (Wildman–Crippen MR) is 113 cm³/mol. The summed E-state index contributed by atoms with van der Waals surface area (Å²) in [6.45, 7) is 1.96. The maximum atomic E-state index is 13.0. The number of amides is 1. The van der Waals surface area contributed by atoms with Crippen LogP contribution in [0.25, 0.3) is 27.8 Å². The first kappa shape index (κ1) is 17.9. The molecule has 0 aliphatic heterocycles. The molecule has 0 radical (unpaired) electrons. The summed E-state index contributed by atoms with van der Waals surface area (Å²) in [5.74, 6) is -0.0669. The van der Waals surface area contributed by atoms with Gasteiger partial charge in [-0.3, -0.25) is 4.79 Å². The summed E-state index contributed by atoms with van der Waals surface area (Å²) in [6.07, 6.45) is 0. The first-order chi connectivity index (χ1) is 14.6. The van der Waals surface area contributed by atoms with E-state index >= 15 is 0 Å². The van der Waals surface area contributed by atoms with Gasteiger partial charge in [0.05, 0.1) is 5.69 Å². The van der Waals surface area contributed by atoms with Crippen molar-refractivity contribution < 1.29 is 9.18 Å². The van der Waals surface area contributed by atoms with Crippen molar-refractivity contribution in [3.63, 3.8) is 0 Å². The lowest BCUT2D eigenvalue weighted by molar-refractivity contribution is 0.102. The van der Waals surface area contributed by atoms with Crippen molar-refractivity contribution >= 4 is 28.0 Å². The average Bonchev–Trinajstić information content (AvgIpc) is 3.19. The fourth-order valence-corrected chi connectivity index (χ4v) is 3.43. The van der Waals surface area contributed by atoms with Gasteiger partial charge in [0.15, 0.2) is 11.5 Å². The zero-order valence-electron chi connectivity index (χ0n) is 16.0. The zero-order chi connectivity index (χ0) is 20.7. The minimum absolute atomic E-state index is 0.306. The van der Waals surface area contributed by atoms with Crippen LogP contribution in [0.2, 0.25) is 0 Å². The van der Waals surface area contributed by atoms with Crippen molar-refractivity contribution in [1.82, 2.24) is 19.8 Å². The van der Waals surface area contributed by atoms with Crippen LogP contribution in [0, 0.1) is 12.7 Å². The van der Waals surface area contributed by atoms with Crippen LogP contribution in [0.1, 0.15) is 16.1 Å². The third-order valence-corrected chi connectivity index (χ3v) is 4.96. The van der Waals surface area contributed by atoms with Gasteiger partial charge in [0, 0.05) is 27.6 Å².